The molecular weight excluding hydrogens is 288 g/mol. The number of allylic oxidation sites excluding steroid dienone is 16. The zero-order valence-electron chi connectivity index (χ0n) is 14.4. The Hall–Kier alpha value is -2.08. The molecule has 4 unspecified atom stereocenters. The van der Waals surface area contributed by atoms with Crippen LogP contribution in [0.3, 0.4) is 0 Å². The second kappa shape index (κ2) is 6.81. The lowest BCUT2D eigenvalue weighted by Crippen LogP contribution is -2.25. The number of fused-ring (bicyclic) bond motifs is 2. The van der Waals surface area contributed by atoms with Gasteiger partial charge in [0.1, 0.15) is 0 Å². The first-order valence-corrected chi connectivity index (χ1v) is 9.29. The number of hydrogen-bond acceptors (Lipinski definition) is 0. The minimum atomic E-state index is 0.512. The first-order valence-electron chi connectivity index (χ1n) is 9.29. The van der Waals surface area contributed by atoms with Gasteiger partial charge in [-0.05, 0) is 43.3 Å². The van der Waals surface area contributed by atoms with Gasteiger partial charge in [-0.25, -0.2) is 0 Å². The lowest BCUT2D eigenvalue weighted by Gasteiger charge is -2.36. The number of rotatable bonds is 3. The molecule has 4 aliphatic rings. The summed E-state index contributed by atoms with van der Waals surface area (Å²) in [7, 11) is 0. The van der Waals surface area contributed by atoms with Crippen LogP contribution in [0.15, 0.2) is 95.7 Å². The van der Waals surface area contributed by atoms with Crippen molar-refractivity contribution in [3.63, 3.8) is 0 Å². The van der Waals surface area contributed by atoms with Crippen molar-refractivity contribution in [2.75, 3.05) is 0 Å². The molecule has 24 heavy (non-hydrogen) atoms. The van der Waals surface area contributed by atoms with Gasteiger partial charge in [0.15, 0.2) is 0 Å². The molecule has 4 atom stereocenters. The fourth-order valence-corrected chi connectivity index (χ4v) is 4.49. The van der Waals surface area contributed by atoms with Crippen LogP contribution in [-0.2, 0) is 0 Å². The molecule has 0 fully saturated rings. The summed E-state index contributed by atoms with van der Waals surface area (Å²) >= 11 is 0. The highest BCUT2D eigenvalue weighted by molar-refractivity contribution is 5.50. The standard InChI is InChI=1S/C24H26/c1-2-8-21-20(17-18-9-4-3-5-10-18)14-16-24-22-12-7-6-11-19(22)13-15-23(21)24/h2-4,6-9,11-16,19-22H,5,10,17H2,1H3. The highest BCUT2D eigenvalue weighted by Crippen LogP contribution is 2.44. The van der Waals surface area contributed by atoms with E-state index in [0.29, 0.717) is 23.7 Å². The summed E-state index contributed by atoms with van der Waals surface area (Å²) in [6, 6.07) is 0. The summed E-state index contributed by atoms with van der Waals surface area (Å²) in [5.74, 6) is 2.16. The van der Waals surface area contributed by atoms with E-state index in [4.69, 9.17) is 0 Å². The highest BCUT2D eigenvalue weighted by atomic mass is 14.4. The van der Waals surface area contributed by atoms with Gasteiger partial charge in [0.2, 0.25) is 0 Å². The maximum atomic E-state index is 2.48. The van der Waals surface area contributed by atoms with Crippen molar-refractivity contribution in [2.24, 2.45) is 23.7 Å². The van der Waals surface area contributed by atoms with E-state index in [0.717, 1.165) is 0 Å². The summed E-state index contributed by atoms with van der Waals surface area (Å²) in [5, 5.41) is 0. The molecule has 0 heterocycles. The topological polar surface area (TPSA) is 0 Å². The van der Waals surface area contributed by atoms with Gasteiger partial charge in [-0.3, -0.25) is 0 Å². The van der Waals surface area contributed by atoms with Crippen molar-refractivity contribution >= 4 is 0 Å². The molecule has 0 nitrogen and oxygen atoms in total. The third-order valence-electron chi connectivity index (χ3n) is 5.71. The summed E-state index contributed by atoms with van der Waals surface area (Å²) in [4.78, 5) is 0. The second-order valence-corrected chi connectivity index (χ2v) is 7.21. The molecule has 0 aromatic heterocycles. The quantitative estimate of drug-likeness (QED) is 0.540. The molecule has 122 valence electrons. The molecular formula is C24H26. The Bertz CT molecular complexity index is 730. The van der Waals surface area contributed by atoms with Crippen LogP contribution in [-0.4, -0.2) is 0 Å². The Morgan fingerprint density at radius 3 is 2.71 bits per heavy atom. The van der Waals surface area contributed by atoms with Crippen LogP contribution < -0.4 is 0 Å². The van der Waals surface area contributed by atoms with Gasteiger partial charge < -0.3 is 0 Å². The zero-order valence-corrected chi connectivity index (χ0v) is 14.4. The van der Waals surface area contributed by atoms with Gasteiger partial charge in [-0.2, -0.15) is 0 Å². The Morgan fingerprint density at radius 1 is 1.00 bits per heavy atom. The fraction of sp³-hybridized carbons (Fsp3) is 0.333. The van der Waals surface area contributed by atoms with Crippen LogP contribution in [0.5, 0.6) is 0 Å². The molecule has 4 aliphatic carbocycles. The highest BCUT2D eigenvalue weighted by Gasteiger charge is 2.32. The SMILES string of the molecule is CC=CC1C2=C(C=CC1CC1=CC=CCC1)C1C=CC=CC1C=C2. The summed E-state index contributed by atoms with van der Waals surface area (Å²) in [6.07, 6.45) is 33.9. The van der Waals surface area contributed by atoms with Gasteiger partial charge >= 0.3 is 0 Å². The molecule has 0 aromatic rings. The lowest BCUT2D eigenvalue weighted by molar-refractivity contribution is 0.497. The fourth-order valence-electron chi connectivity index (χ4n) is 4.49. The van der Waals surface area contributed by atoms with Crippen LogP contribution in [0, 0.1) is 23.7 Å². The first kappa shape index (κ1) is 15.4. The van der Waals surface area contributed by atoms with Crippen LogP contribution in [0.1, 0.15) is 26.2 Å². The Morgan fingerprint density at radius 2 is 1.88 bits per heavy atom. The third kappa shape index (κ3) is 2.86. The van der Waals surface area contributed by atoms with Gasteiger partial charge in [0, 0.05) is 17.8 Å². The molecule has 0 aliphatic heterocycles. The lowest BCUT2D eigenvalue weighted by atomic mass is 9.68. The number of hydrogen-bond donors (Lipinski definition) is 0. The van der Waals surface area contributed by atoms with Crippen LogP contribution in [0.25, 0.3) is 0 Å². The van der Waals surface area contributed by atoms with E-state index in [-0.39, 0.29) is 0 Å². The Labute approximate surface area is 146 Å². The molecule has 0 saturated carbocycles. The smallest absolute Gasteiger partial charge is 0.0122 e. The molecule has 0 bridgehead atoms. The maximum absolute atomic E-state index is 2.48. The predicted octanol–water partition coefficient (Wildman–Crippen LogP) is 6.26. The van der Waals surface area contributed by atoms with Crippen molar-refractivity contribution in [1.29, 1.82) is 0 Å². The molecule has 0 saturated heterocycles. The summed E-state index contributed by atoms with van der Waals surface area (Å²) in [6.45, 7) is 2.15. The normalized spacial score (nSPS) is 33.8. The Kier molecular flexibility index (Phi) is 4.38. The second-order valence-electron chi connectivity index (χ2n) is 7.21. The largest absolute Gasteiger partial charge is 0.0910 e. The van der Waals surface area contributed by atoms with Crippen molar-refractivity contribution in [2.45, 2.75) is 26.2 Å². The van der Waals surface area contributed by atoms with Crippen molar-refractivity contribution in [3.05, 3.63) is 95.7 Å². The molecule has 0 aromatic carbocycles. The van der Waals surface area contributed by atoms with Crippen LogP contribution in [0.4, 0.5) is 0 Å². The van der Waals surface area contributed by atoms with Crippen molar-refractivity contribution < 1.29 is 0 Å². The average Bonchev–Trinajstić information content (AvgIpc) is 2.64. The molecule has 4 rings (SSSR count). The van der Waals surface area contributed by atoms with Gasteiger partial charge in [-0.15, -0.1) is 0 Å². The van der Waals surface area contributed by atoms with E-state index in [1.165, 1.54) is 30.4 Å². The summed E-state index contributed by atoms with van der Waals surface area (Å²) < 4.78 is 0. The monoisotopic (exact) mass is 314 g/mol. The molecule has 0 N–H and O–H groups in total. The molecule has 0 amide bonds. The van der Waals surface area contributed by atoms with Gasteiger partial charge in [-0.1, -0.05) is 84.6 Å². The van der Waals surface area contributed by atoms with Crippen LogP contribution in [0.2, 0.25) is 0 Å². The minimum Gasteiger partial charge on any atom is -0.0910 e. The van der Waals surface area contributed by atoms with Crippen LogP contribution >= 0.6 is 0 Å². The Balaban J connectivity index is 1.63. The van der Waals surface area contributed by atoms with Crippen molar-refractivity contribution in [3.8, 4) is 0 Å². The van der Waals surface area contributed by atoms with Gasteiger partial charge in [0.05, 0.1) is 0 Å². The molecule has 0 spiro atoms. The van der Waals surface area contributed by atoms with Gasteiger partial charge in [0.25, 0.3) is 0 Å². The molecule has 0 radical (unpaired) electrons. The summed E-state index contributed by atoms with van der Waals surface area (Å²) in [5.41, 5.74) is 4.66. The van der Waals surface area contributed by atoms with E-state index < -0.39 is 0 Å². The van der Waals surface area contributed by atoms with E-state index in [9.17, 15) is 0 Å². The van der Waals surface area contributed by atoms with E-state index in [1.807, 2.05) is 0 Å². The van der Waals surface area contributed by atoms with E-state index in [1.54, 1.807) is 5.57 Å². The zero-order chi connectivity index (χ0) is 16.4. The maximum Gasteiger partial charge on any atom is 0.0122 e. The minimum absolute atomic E-state index is 0.512. The first-order chi connectivity index (χ1) is 11.9. The predicted molar refractivity (Wildman–Crippen MR) is 103 cm³/mol. The van der Waals surface area contributed by atoms with Crippen molar-refractivity contribution in [1.82, 2.24) is 0 Å². The van der Waals surface area contributed by atoms with E-state index >= 15 is 0 Å². The average molecular weight is 314 g/mol. The van der Waals surface area contributed by atoms with E-state index in [2.05, 4.69) is 85.9 Å². The molecule has 0 heteroatoms. The third-order valence-corrected chi connectivity index (χ3v) is 5.71.